The van der Waals surface area contributed by atoms with Gasteiger partial charge in [0.25, 0.3) is 15.7 Å². The quantitative estimate of drug-likeness (QED) is 0.254. The number of non-ortho nitro benzene ring substituents is 1. The molecule has 3 aromatic carbocycles. The number of benzene rings is 3. The van der Waals surface area contributed by atoms with Crippen molar-refractivity contribution in [3.05, 3.63) is 96.9 Å². The minimum Gasteiger partial charge on any atom is -0.378 e. The lowest BCUT2D eigenvalue weighted by Gasteiger charge is -2.24. The van der Waals surface area contributed by atoms with E-state index < -0.39 is 26.9 Å². The Morgan fingerprint density at radius 1 is 1.03 bits per heavy atom. The van der Waals surface area contributed by atoms with Crippen LogP contribution in [0.1, 0.15) is 23.6 Å². The Morgan fingerprint density at radius 2 is 1.65 bits per heavy atom. The van der Waals surface area contributed by atoms with Gasteiger partial charge in [0.1, 0.15) is 0 Å². The minimum atomic E-state index is -4.03. The summed E-state index contributed by atoms with van der Waals surface area (Å²) < 4.78 is 28.3. The summed E-state index contributed by atoms with van der Waals surface area (Å²) in [5, 5.41) is 14.3. The molecule has 1 amide bonds. The standard InChI is InChI=1S/C23H21Br2N3O5S/c1-15-3-10-19(11-4-15)34(32,33)27(2)23(29)14-22(16-5-8-18(9-6-16)28(30)31)26-17-7-12-20(24)21(25)13-17/h3-13,22,26H,14H2,1-2H3/t22-/m0/s1. The Labute approximate surface area is 214 Å². The molecular formula is C23H21Br2N3O5S. The van der Waals surface area contributed by atoms with Gasteiger partial charge >= 0.3 is 0 Å². The van der Waals surface area contributed by atoms with Crippen molar-refractivity contribution in [3.63, 3.8) is 0 Å². The van der Waals surface area contributed by atoms with Crippen molar-refractivity contribution in [2.24, 2.45) is 0 Å². The number of nitrogens with zero attached hydrogens (tertiary/aromatic N) is 2. The second-order valence-electron chi connectivity index (χ2n) is 7.56. The molecule has 0 fully saturated rings. The van der Waals surface area contributed by atoms with E-state index in [-0.39, 0.29) is 17.0 Å². The number of anilines is 1. The molecule has 0 radical (unpaired) electrons. The molecule has 0 saturated carbocycles. The maximum atomic E-state index is 13.1. The molecule has 8 nitrogen and oxygen atoms in total. The molecule has 0 unspecified atom stereocenters. The first-order chi connectivity index (χ1) is 16.0. The largest absolute Gasteiger partial charge is 0.378 e. The van der Waals surface area contributed by atoms with Crippen molar-refractivity contribution in [1.29, 1.82) is 0 Å². The van der Waals surface area contributed by atoms with E-state index in [1.807, 2.05) is 13.0 Å². The molecule has 34 heavy (non-hydrogen) atoms. The van der Waals surface area contributed by atoms with Gasteiger partial charge in [-0.3, -0.25) is 14.9 Å². The third kappa shape index (κ3) is 6.02. The van der Waals surface area contributed by atoms with Gasteiger partial charge < -0.3 is 5.32 Å². The smallest absolute Gasteiger partial charge is 0.269 e. The molecule has 0 heterocycles. The Balaban J connectivity index is 1.90. The van der Waals surface area contributed by atoms with E-state index in [1.165, 1.54) is 31.3 Å². The average molecular weight is 611 g/mol. The zero-order valence-corrected chi connectivity index (χ0v) is 22.2. The lowest BCUT2D eigenvalue weighted by molar-refractivity contribution is -0.384. The van der Waals surface area contributed by atoms with E-state index >= 15 is 0 Å². The molecule has 11 heteroatoms. The SMILES string of the molecule is Cc1ccc(S(=O)(=O)N(C)C(=O)C[C@H](Nc2ccc(Br)c(Br)c2)c2ccc([N+](=O)[O-])cc2)cc1. The lowest BCUT2D eigenvalue weighted by Crippen LogP contribution is -2.35. The van der Waals surface area contributed by atoms with Gasteiger partial charge in [-0.2, -0.15) is 0 Å². The number of hydrogen-bond donors (Lipinski definition) is 1. The number of carbonyl (C=O) groups is 1. The predicted octanol–water partition coefficient (Wildman–Crippen LogP) is 5.82. The second kappa shape index (κ2) is 10.7. The van der Waals surface area contributed by atoms with Gasteiger partial charge in [0.15, 0.2) is 0 Å². The van der Waals surface area contributed by atoms with Gasteiger partial charge in [0.05, 0.1) is 22.3 Å². The van der Waals surface area contributed by atoms with Crippen LogP contribution in [0, 0.1) is 17.0 Å². The van der Waals surface area contributed by atoms with Crippen LogP contribution in [0.2, 0.25) is 0 Å². The van der Waals surface area contributed by atoms with Crippen molar-refractivity contribution >= 4 is 59.2 Å². The van der Waals surface area contributed by atoms with Gasteiger partial charge in [-0.15, -0.1) is 0 Å². The van der Waals surface area contributed by atoms with Crippen LogP contribution in [0.25, 0.3) is 0 Å². The van der Waals surface area contributed by atoms with E-state index in [9.17, 15) is 23.3 Å². The van der Waals surface area contributed by atoms with Gasteiger partial charge in [-0.05, 0) is 74.7 Å². The van der Waals surface area contributed by atoms with E-state index in [0.29, 0.717) is 11.3 Å². The summed E-state index contributed by atoms with van der Waals surface area (Å²) in [5.41, 5.74) is 2.09. The van der Waals surface area contributed by atoms with Crippen molar-refractivity contribution in [3.8, 4) is 0 Å². The van der Waals surface area contributed by atoms with Gasteiger partial charge in [0, 0.05) is 33.8 Å². The summed E-state index contributed by atoms with van der Waals surface area (Å²) in [6.07, 6.45) is -0.201. The third-order valence-corrected chi connectivity index (χ3v) is 8.85. The van der Waals surface area contributed by atoms with Crippen LogP contribution in [0.15, 0.2) is 80.6 Å². The highest BCUT2D eigenvalue weighted by Crippen LogP contribution is 2.30. The van der Waals surface area contributed by atoms with Crippen molar-refractivity contribution in [2.75, 3.05) is 12.4 Å². The van der Waals surface area contributed by atoms with Crippen LogP contribution in [-0.2, 0) is 14.8 Å². The fourth-order valence-electron chi connectivity index (χ4n) is 3.17. The molecule has 3 rings (SSSR count). The molecule has 0 aliphatic heterocycles. The maximum absolute atomic E-state index is 13.1. The summed E-state index contributed by atoms with van der Waals surface area (Å²) in [6.45, 7) is 1.84. The Kier molecular flexibility index (Phi) is 8.11. The third-order valence-electron chi connectivity index (χ3n) is 5.18. The number of rotatable bonds is 8. The molecule has 0 aliphatic rings. The predicted molar refractivity (Wildman–Crippen MR) is 137 cm³/mol. The number of hydrogen-bond acceptors (Lipinski definition) is 6. The van der Waals surface area contributed by atoms with Crippen molar-refractivity contribution in [1.82, 2.24) is 4.31 Å². The van der Waals surface area contributed by atoms with Gasteiger partial charge in [-0.1, -0.05) is 29.8 Å². The second-order valence-corrected chi connectivity index (χ2v) is 11.2. The highest BCUT2D eigenvalue weighted by atomic mass is 79.9. The zero-order valence-electron chi connectivity index (χ0n) is 18.2. The minimum absolute atomic E-state index is 0.0191. The number of amides is 1. The number of sulfonamides is 1. The molecule has 178 valence electrons. The highest BCUT2D eigenvalue weighted by Gasteiger charge is 2.28. The van der Waals surface area contributed by atoms with Crippen molar-refractivity contribution in [2.45, 2.75) is 24.3 Å². The summed E-state index contributed by atoms with van der Waals surface area (Å²) in [6, 6.07) is 16.8. The zero-order chi connectivity index (χ0) is 25.0. The summed E-state index contributed by atoms with van der Waals surface area (Å²) >= 11 is 6.84. The normalized spacial score (nSPS) is 12.1. The molecule has 0 bridgehead atoms. The van der Waals surface area contributed by atoms with E-state index in [4.69, 9.17) is 0 Å². The molecule has 0 spiro atoms. The maximum Gasteiger partial charge on any atom is 0.269 e. The van der Waals surface area contributed by atoms with E-state index in [1.54, 1.807) is 36.4 Å². The molecule has 1 atom stereocenters. The van der Waals surface area contributed by atoms with Crippen LogP contribution in [-0.4, -0.2) is 30.6 Å². The first kappa shape index (κ1) is 25.9. The topological polar surface area (TPSA) is 110 Å². The highest BCUT2D eigenvalue weighted by molar-refractivity contribution is 9.13. The number of nitro groups is 1. The van der Waals surface area contributed by atoms with Crippen LogP contribution >= 0.6 is 31.9 Å². The number of aryl methyl sites for hydroxylation is 1. The number of nitrogens with one attached hydrogen (secondary N) is 1. The Hall–Kier alpha value is -2.76. The molecule has 0 aliphatic carbocycles. The fourth-order valence-corrected chi connectivity index (χ4v) is 4.94. The molecule has 1 N–H and O–H groups in total. The Bertz CT molecular complexity index is 1310. The summed E-state index contributed by atoms with van der Waals surface area (Å²) in [5.74, 6) is -0.632. The van der Waals surface area contributed by atoms with Crippen LogP contribution in [0.3, 0.4) is 0 Å². The first-order valence-corrected chi connectivity index (χ1v) is 13.1. The monoisotopic (exact) mass is 609 g/mol. The van der Waals surface area contributed by atoms with E-state index in [0.717, 1.165) is 18.8 Å². The summed E-state index contributed by atoms with van der Waals surface area (Å²) in [4.78, 5) is 23.6. The molecular weight excluding hydrogens is 590 g/mol. The van der Waals surface area contributed by atoms with Gasteiger partial charge in [0.2, 0.25) is 5.91 Å². The fraction of sp³-hybridized carbons (Fsp3) is 0.174. The lowest BCUT2D eigenvalue weighted by atomic mass is 10.0. The van der Waals surface area contributed by atoms with Crippen molar-refractivity contribution < 1.29 is 18.1 Å². The molecule has 0 aromatic heterocycles. The van der Waals surface area contributed by atoms with Gasteiger partial charge in [-0.25, -0.2) is 12.7 Å². The molecule has 3 aromatic rings. The number of halogens is 2. The number of carbonyl (C=O) groups excluding carboxylic acids is 1. The Morgan fingerprint density at radius 3 is 2.21 bits per heavy atom. The number of nitro benzene ring substituents is 1. The van der Waals surface area contributed by atoms with E-state index in [2.05, 4.69) is 37.2 Å². The van der Waals surface area contributed by atoms with Crippen LogP contribution in [0.4, 0.5) is 11.4 Å². The first-order valence-electron chi connectivity index (χ1n) is 10.0. The summed E-state index contributed by atoms with van der Waals surface area (Å²) in [7, 11) is -2.81. The van der Waals surface area contributed by atoms with Crippen LogP contribution < -0.4 is 5.32 Å². The molecule has 0 saturated heterocycles. The average Bonchev–Trinajstić information content (AvgIpc) is 2.80. The van der Waals surface area contributed by atoms with Crippen LogP contribution in [0.5, 0.6) is 0 Å².